The maximum absolute atomic E-state index is 13.5. The molecule has 0 radical (unpaired) electrons. The molecular formula is C25H19N5OS3. The summed E-state index contributed by atoms with van der Waals surface area (Å²) in [5.74, 6) is 0.275. The molecule has 1 aliphatic carbocycles. The van der Waals surface area contributed by atoms with Crippen LogP contribution in [0.4, 0.5) is 11.4 Å². The zero-order chi connectivity index (χ0) is 22.6. The predicted molar refractivity (Wildman–Crippen MR) is 138 cm³/mol. The van der Waals surface area contributed by atoms with Crippen molar-refractivity contribution in [2.75, 3.05) is 10.7 Å². The number of aromatic nitrogens is 4. The van der Waals surface area contributed by atoms with Crippen molar-refractivity contribution in [1.29, 1.82) is 0 Å². The Hall–Kier alpha value is -2.88. The fraction of sp³-hybridized carbons (Fsp3) is 0.200. The topological polar surface area (TPSA) is 63.4 Å². The SMILES string of the molecule is O=C(CSc1nnc2c3c4c(sc3ncn12)CCCC4)N1c2ccccc2Sc2ccccc21. The summed E-state index contributed by atoms with van der Waals surface area (Å²) >= 11 is 4.90. The van der Waals surface area contributed by atoms with E-state index >= 15 is 0 Å². The van der Waals surface area contributed by atoms with Crippen LogP contribution in [0, 0.1) is 0 Å². The first-order valence-corrected chi connectivity index (χ1v) is 13.9. The summed E-state index contributed by atoms with van der Waals surface area (Å²) in [5.41, 5.74) is 4.10. The fourth-order valence-corrected chi connectivity index (χ4v) is 7.83. The number of thioether (sulfide) groups is 1. The van der Waals surface area contributed by atoms with Crippen LogP contribution < -0.4 is 4.90 Å². The first-order valence-electron chi connectivity index (χ1n) is 11.2. The number of hydrogen-bond donors (Lipinski definition) is 0. The molecule has 2 aliphatic rings. The van der Waals surface area contributed by atoms with E-state index in [9.17, 15) is 4.79 Å². The van der Waals surface area contributed by atoms with Crippen molar-refractivity contribution in [2.24, 2.45) is 0 Å². The van der Waals surface area contributed by atoms with Crippen molar-refractivity contribution < 1.29 is 4.79 Å². The molecule has 0 fully saturated rings. The molecule has 0 bridgehead atoms. The Morgan fingerprint density at radius 2 is 1.71 bits per heavy atom. The van der Waals surface area contributed by atoms with Gasteiger partial charge in [-0.05, 0) is 55.5 Å². The van der Waals surface area contributed by atoms with Crippen molar-refractivity contribution >= 4 is 68.0 Å². The third-order valence-electron chi connectivity index (χ3n) is 6.34. The Kier molecular flexibility index (Phi) is 4.89. The average molecular weight is 502 g/mol. The molecule has 9 heteroatoms. The molecule has 0 saturated heterocycles. The van der Waals surface area contributed by atoms with E-state index < -0.39 is 0 Å². The molecule has 4 heterocycles. The van der Waals surface area contributed by atoms with Gasteiger partial charge in [0.15, 0.2) is 10.8 Å². The number of rotatable bonds is 3. The van der Waals surface area contributed by atoms with Crippen LogP contribution >= 0.6 is 34.9 Å². The Balaban J connectivity index is 1.22. The molecule has 0 N–H and O–H groups in total. The number of carbonyl (C=O) groups excluding carboxylic acids is 1. The van der Waals surface area contributed by atoms with Gasteiger partial charge < -0.3 is 0 Å². The van der Waals surface area contributed by atoms with Gasteiger partial charge in [-0.25, -0.2) is 4.98 Å². The van der Waals surface area contributed by atoms with Gasteiger partial charge >= 0.3 is 0 Å². The van der Waals surface area contributed by atoms with Gasteiger partial charge in [0.2, 0.25) is 5.91 Å². The average Bonchev–Trinajstić information content (AvgIpc) is 3.46. The molecular weight excluding hydrogens is 483 g/mol. The molecule has 0 spiro atoms. The first-order chi connectivity index (χ1) is 16.8. The van der Waals surface area contributed by atoms with Gasteiger partial charge in [0.1, 0.15) is 11.2 Å². The van der Waals surface area contributed by atoms with Crippen LogP contribution in [0.15, 0.2) is 69.8 Å². The van der Waals surface area contributed by atoms with Gasteiger partial charge in [0.25, 0.3) is 0 Å². The van der Waals surface area contributed by atoms with E-state index in [-0.39, 0.29) is 11.7 Å². The molecule has 34 heavy (non-hydrogen) atoms. The molecule has 2 aromatic carbocycles. The van der Waals surface area contributed by atoms with E-state index in [1.807, 2.05) is 45.7 Å². The quantitative estimate of drug-likeness (QED) is 0.277. The number of fused-ring (bicyclic) bond motifs is 7. The van der Waals surface area contributed by atoms with Gasteiger partial charge in [0.05, 0.1) is 22.5 Å². The maximum atomic E-state index is 13.5. The third kappa shape index (κ3) is 3.18. The highest BCUT2D eigenvalue weighted by Gasteiger charge is 2.28. The first kappa shape index (κ1) is 20.5. The van der Waals surface area contributed by atoms with Gasteiger partial charge in [-0.15, -0.1) is 21.5 Å². The number of amides is 1. The molecule has 7 rings (SSSR count). The van der Waals surface area contributed by atoms with Crippen molar-refractivity contribution in [3.05, 3.63) is 65.3 Å². The van der Waals surface area contributed by atoms with E-state index in [0.29, 0.717) is 5.16 Å². The molecule has 0 atom stereocenters. The summed E-state index contributed by atoms with van der Waals surface area (Å²) in [6.45, 7) is 0. The lowest BCUT2D eigenvalue weighted by Gasteiger charge is -2.30. The zero-order valence-electron chi connectivity index (χ0n) is 18.1. The summed E-state index contributed by atoms with van der Waals surface area (Å²) in [5, 5.41) is 10.8. The van der Waals surface area contributed by atoms with Gasteiger partial charge in [-0.2, -0.15) is 0 Å². The van der Waals surface area contributed by atoms with Crippen molar-refractivity contribution in [2.45, 2.75) is 40.6 Å². The minimum Gasteiger partial charge on any atom is -0.278 e. The second kappa shape index (κ2) is 8.11. The van der Waals surface area contributed by atoms with Crippen LogP contribution in [0.1, 0.15) is 23.3 Å². The third-order valence-corrected chi connectivity index (χ3v) is 9.60. The highest BCUT2D eigenvalue weighted by Crippen LogP contribution is 2.48. The molecule has 1 amide bonds. The van der Waals surface area contributed by atoms with Crippen molar-refractivity contribution in [1.82, 2.24) is 19.6 Å². The lowest BCUT2D eigenvalue weighted by Crippen LogP contribution is -2.30. The Bertz CT molecular complexity index is 1550. The van der Waals surface area contributed by atoms with Crippen LogP contribution in [0.2, 0.25) is 0 Å². The lowest BCUT2D eigenvalue weighted by molar-refractivity contribution is -0.115. The minimum atomic E-state index is 0.0175. The molecule has 1 aliphatic heterocycles. The van der Waals surface area contributed by atoms with Crippen LogP contribution in [0.25, 0.3) is 15.9 Å². The highest BCUT2D eigenvalue weighted by molar-refractivity contribution is 8.00. The number of hydrogen-bond acceptors (Lipinski definition) is 7. The smallest absolute Gasteiger partial charge is 0.242 e. The number of benzene rings is 2. The summed E-state index contributed by atoms with van der Waals surface area (Å²) in [6, 6.07) is 16.1. The Morgan fingerprint density at radius 3 is 2.50 bits per heavy atom. The van der Waals surface area contributed by atoms with Crippen LogP contribution in [0.3, 0.4) is 0 Å². The summed E-state index contributed by atoms with van der Waals surface area (Å²) in [4.78, 5) is 24.7. The number of carbonyl (C=O) groups is 1. The molecule has 3 aromatic heterocycles. The number of para-hydroxylation sites is 2. The highest BCUT2D eigenvalue weighted by atomic mass is 32.2. The van der Waals surface area contributed by atoms with Crippen LogP contribution in [-0.2, 0) is 17.6 Å². The standard InChI is InChI=1S/C25H19N5OS3/c31-21(30-16-8-2-5-11-19(16)33-20-12-6-3-9-17(20)30)13-32-25-28-27-23-22-15-7-1-4-10-18(15)34-24(22)26-14-29(23)25/h2-3,5-6,8-9,11-12,14H,1,4,7,10,13H2. The molecule has 0 saturated carbocycles. The van der Waals surface area contributed by atoms with Crippen molar-refractivity contribution in [3.8, 4) is 0 Å². The largest absolute Gasteiger partial charge is 0.278 e. The van der Waals surface area contributed by atoms with Gasteiger partial charge in [-0.1, -0.05) is 47.8 Å². The monoisotopic (exact) mass is 501 g/mol. The van der Waals surface area contributed by atoms with E-state index in [1.165, 1.54) is 35.0 Å². The normalized spacial score (nSPS) is 14.8. The molecule has 5 aromatic rings. The molecule has 6 nitrogen and oxygen atoms in total. The zero-order valence-corrected chi connectivity index (χ0v) is 20.6. The summed E-state index contributed by atoms with van der Waals surface area (Å²) in [6.07, 6.45) is 6.46. The Morgan fingerprint density at radius 1 is 0.971 bits per heavy atom. The number of nitrogens with zero attached hydrogens (tertiary/aromatic N) is 5. The summed E-state index contributed by atoms with van der Waals surface area (Å²) in [7, 11) is 0. The van der Waals surface area contributed by atoms with Crippen LogP contribution in [-0.4, -0.2) is 31.2 Å². The molecule has 0 unspecified atom stereocenters. The number of thiophene rings is 1. The van der Waals surface area contributed by atoms with Crippen molar-refractivity contribution in [3.63, 3.8) is 0 Å². The van der Waals surface area contributed by atoms with Gasteiger partial charge in [-0.3, -0.25) is 14.1 Å². The Labute approximate surface area is 208 Å². The predicted octanol–water partition coefficient (Wildman–Crippen LogP) is 6.14. The lowest BCUT2D eigenvalue weighted by atomic mass is 9.97. The number of aryl methyl sites for hydroxylation is 2. The summed E-state index contributed by atoms with van der Waals surface area (Å²) < 4.78 is 1.94. The maximum Gasteiger partial charge on any atom is 0.242 e. The fourth-order valence-electron chi connectivity index (χ4n) is 4.80. The van der Waals surface area contributed by atoms with E-state index in [2.05, 4.69) is 22.3 Å². The number of anilines is 2. The van der Waals surface area contributed by atoms with E-state index in [1.54, 1.807) is 29.4 Å². The van der Waals surface area contributed by atoms with E-state index in [4.69, 9.17) is 4.98 Å². The van der Waals surface area contributed by atoms with Gasteiger partial charge in [0, 0.05) is 14.7 Å². The second-order valence-electron chi connectivity index (χ2n) is 8.37. The second-order valence-corrected chi connectivity index (χ2v) is 11.5. The van der Waals surface area contributed by atoms with E-state index in [0.717, 1.165) is 49.9 Å². The minimum absolute atomic E-state index is 0.0175. The van der Waals surface area contributed by atoms with Crippen LogP contribution in [0.5, 0.6) is 0 Å². The molecule has 168 valence electrons.